The van der Waals surface area contributed by atoms with Gasteiger partial charge in [-0.25, -0.2) is 19.2 Å². The third kappa shape index (κ3) is 8.96. The van der Waals surface area contributed by atoms with Crippen molar-refractivity contribution < 1.29 is 59.6 Å². The molecule has 0 aromatic heterocycles. The maximum Gasteiger partial charge on any atom is 0.439 e. The number of rotatable bonds is 12. The average Bonchev–Trinajstić information content (AvgIpc) is 2.67. The highest BCUT2D eigenvalue weighted by Crippen LogP contribution is 2.46. The van der Waals surface area contributed by atoms with Gasteiger partial charge in [0.05, 0.1) is 9.49 Å². The van der Waals surface area contributed by atoms with Crippen LogP contribution in [0.15, 0.2) is 0 Å². The Morgan fingerprint density at radius 1 is 0.839 bits per heavy atom. The molecule has 2 amide bonds. The van der Waals surface area contributed by atoms with E-state index in [0.717, 1.165) is 21.6 Å². The molecule has 0 heterocycles. The Bertz CT molecular complexity index is 668. The van der Waals surface area contributed by atoms with Gasteiger partial charge in [-0.3, -0.25) is 4.89 Å². The topological polar surface area (TPSA) is 232 Å². The number of carbonyl (C=O) groups is 4. The Balaban J connectivity index is 5.41. The van der Waals surface area contributed by atoms with Gasteiger partial charge in [0.15, 0.2) is 0 Å². The van der Waals surface area contributed by atoms with Gasteiger partial charge in [-0.2, -0.15) is 5.26 Å². The van der Waals surface area contributed by atoms with E-state index in [-0.39, 0.29) is 0 Å². The first kappa shape index (κ1) is 29.0. The molecule has 0 fully saturated rings. The van der Waals surface area contributed by atoms with E-state index in [1.807, 2.05) is 10.6 Å². The molecule has 0 bridgehead atoms. The molecule has 0 saturated heterocycles. The maximum absolute atomic E-state index is 11.9. The van der Waals surface area contributed by atoms with Gasteiger partial charge in [0, 0.05) is 0 Å². The summed E-state index contributed by atoms with van der Waals surface area (Å²) >= 11 is 0. The molecule has 0 aromatic rings. The summed E-state index contributed by atoms with van der Waals surface area (Å²) in [6.07, 6.45) is -2.84. The summed E-state index contributed by atoms with van der Waals surface area (Å²) in [5.41, 5.74) is 0. The van der Waals surface area contributed by atoms with E-state index in [1.54, 1.807) is 0 Å². The highest BCUT2D eigenvalue weighted by atomic mass is 33.1. The van der Waals surface area contributed by atoms with Gasteiger partial charge in [-0.15, -0.1) is 0 Å². The van der Waals surface area contributed by atoms with Crippen LogP contribution in [0.2, 0.25) is 0 Å². The fourth-order valence-electron chi connectivity index (χ4n) is 1.96. The standard InChI is InChI=1S/C15H26N2O12S2/c1-13(2,7(9(20)21)16-11(24)28-15(26,5-18)6-19)30-31-14(3,4)8(10(22)23)17-12(25)29-27/h7-8,18-19,26-27H,5-6H2,1-4H3,(H,16,24)(H,17,25)(H,20,21)(H,22,23). The number of ether oxygens (including phenoxy) is 1. The minimum atomic E-state index is -2.62. The molecule has 0 rings (SSSR count). The van der Waals surface area contributed by atoms with Crippen LogP contribution < -0.4 is 10.6 Å². The van der Waals surface area contributed by atoms with Crippen molar-refractivity contribution in [2.45, 2.75) is 55.1 Å². The van der Waals surface area contributed by atoms with Gasteiger partial charge in [-0.05, 0) is 27.7 Å². The lowest BCUT2D eigenvalue weighted by molar-refractivity contribution is -0.208. The van der Waals surface area contributed by atoms with Crippen LogP contribution in [-0.4, -0.2) is 95.5 Å². The van der Waals surface area contributed by atoms with E-state index in [2.05, 4.69) is 9.62 Å². The molecule has 0 aromatic carbocycles. The first-order valence-corrected chi connectivity index (χ1v) is 10.6. The van der Waals surface area contributed by atoms with E-state index >= 15 is 0 Å². The van der Waals surface area contributed by atoms with Crippen LogP contribution in [0.25, 0.3) is 0 Å². The summed E-state index contributed by atoms with van der Waals surface area (Å²) in [5, 5.41) is 58.6. The normalized spacial score (nSPS) is 14.2. The Labute approximate surface area is 184 Å². The fourth-order valence-corrected chi connectivity index (χ4v) is 4.76. The van der Waals surface area contributed by atoms with Crippen molar-refractivity contribution in [3.8, 4) is 0 Å². The number of hydrogen-bond donors (Lipinski definition) is 8. The van der Waals surface area contributed by atoms with Crippen LogP contribution in [0, 0.1) is 0 Å². The highest BCUT2D eigenvalue weighted by molar-refractivity contribution is 8.77. The lowest BCUT2D eigenvalue weighted by Gasteiger charge is -2.36. The van der Waals surface area contributed by atoms with Crippen LogP contribution >= 0.6 is 21.6 Å². The van der Waals surface area contributed by atoms with Crippen molar-refractivity contribution in [1.82, 2.24) is 10.6 Å². The predicted molar refractivity (Wildman–Crippen MR) is 107 cm³/mol. The van der Waals surface area contributed by atoms with Gasteiger partial charge >= 0.3 is 24.1 Å². The SMILES string of the molecule is CC(C)(SSC(C)(C)C(NC(=O)OC(O)(CO)CO)C(=O)O)C(NC(=O)OO)C(=O)O. The third-order valence-corrected chi connectivity index (χ3v) is 7.98. The van der Waals surface area contributed by atoms with Crippen molar-refractivity contribution in [3.05, 3.63) is 0 Å². The molecule has 0 saturated carbocycles. The zero-order valence-electron chi connectivity index (χ0n) is 17.0. The number of carbonyl (C=O) groups excluding carboxylic acids is 2. The number of aliphatic hydroxyl groups is 3. The molecule has 180 valence electrons. The molecular formula is C15H26N2O12S2. The predicted octanol–water partition coefficient (Wildman–Crippen LogP) is -0.570. The molecule has 14 nitrogen and oxygen atoms in total. The number of amides is 2. The van der Waals surface area contributed by atoms with Crippen LogP contribution in [0.3, 0.4) is 0 Å². The monoisotopic (exact) mass is 490 g/mol. The molecule has 2 unspecified atom stereocenters. The first-order valence-electron chi connectivity index (χ1n) is 8.43. The Hall–Kier alpha value is -1.98. The lowest BCUT2D eigenvalue weighted by Crippen LogP contribution is -2.55. The second-order valence-electron chi connectivity index (χ2n) is 7.24. The van der Waals surface area contributed by atoms with Crippen molar-refractivity contribution in [3.63, 3.8) is 0 Å². The van der Waals surface area contributed by atoms with Crippen molar-refractivity contribution in [1.29, 1.82) is 0 Å². The second-order valence-corrected chi connectivity index (χ2v) is 10.7. The molecule has 8 N–H and O–H groups in total. The minimum absolute atomic E-state index is 0.860. The van der Waals surface area contributed by atoms with E-state index < -0.39 is 64.7 Å². The number of aliphatic carboxylic acids is 2. The summed E-state index contributed by atoms with van der Waals surface area (Å²) < 4.78 is 1.87. The maximum atomic E-state index is 11.9. The Morgan fingerprint density at radius 2 is 1.19 bits per heavy atom. The number of alkyl carbamates (subject to hydrolysis) is 1. The number of nitrogens with one attached hydrogen (secondary N) is 2. The van der Waals surface area contributed by atoms with Gasteiger partial charge in [0.2, 0.25) is 0 Å². The van der Waals surface area contributed by atoms with Crippen LogP contribution in [0.4, 0.5) is 9.59 Å². The summed E-state index contributed by atoms with van der Waals surface area (Å²) in [6, 6.07) is -3.18. The van der Waals surface area contributed by atoms with Gasteiger partial charge in [-0.1, -0.05) is 21.6 Å². The molecule has 0 radical (unpaired) electrons. The van der Waals surface area contributed by atoms with Gasteiger partial charge < -0.3 is 40.9 Å². The largest absolute Gasteiger partial charge is 0.480 e. The number of carboxylic acids is 2. The van der Waals surface area contributed by atoms with E-state index in [1.165, 1.54) is 27.7 Å². The van der Waals surface area contributed by atoms with Crippen molar-refractivity contribution in [2.24, 2.45) is 0 Å². The van der Waals surface area contributed by atoms with E-state index in [9.17, 15) is 34.5 Å². The molecular weight excluding hydrogens is 464 g/mol. The molecule has 0 aliphatic carbocycles. The van der Waals surface area contributed by atoms with Gasteiger partial charge in [0.1, 0.15) is 25.3 Å². The summed E-state index contributed by atoms with van der Waals surface area (Å²) in [4.78, 5) is 49.7. The van der Waals surface area contributed by atoms with Gasteiger partial charge in [0.25, 0.3) is 5.79 Å². The molecule has 0 aliphatic rings. The molecule has 16 heteroatoms. The minimum Gasteiger partial charge on any atom is -0.480 e. The average molecular weight is 491 g/mol. The van der Waals surface area contributed by atoms with Crippen LogP contribution in [0.1, 0.15) is 27.7 Å². The molecule has 2 atom stereocenters. The van der Waals surface area contributed by atoms with Crippen molar-refractivity contribution >= 4 is 45.7 Å². The van der Waals surface area contributed by atoms with Crippen molar-refractivity contribution in [2.75, 3.05) is 13.2 Å². The summed E-state index contributed by atoms with van der Waals surface area (Å²) in [6.45, 7) is 3.40. The zero-order valence-corrected chi connectivity index (χ0v) is 18.7. The van der Waals surface area contributed by atoms with E-state index in [4.69, 9.17) is 15.5 Å². The second kappa shape index (κ2) is 11.6. The first-order chi connectivity index (χ1) is 14.0. The zero-order chi connectivity index (χ0) is 24.6. The molecule has 31 heavy (non-hydrogen) atoms. The number of carboxylic acid groups (broad SMARTS) is 2. The quantitative estimate of drug-likeness (QED) is 0.0741. The number of aliphatic hydroxyl groups excluding tert-OH is 2. The summed E-state index contributed by atoms with van der Waals surface area (Å²) in [5.74, 6) is -5.57. The molecule has 0 aliphatic heterocycles. The van der Waals surface area contributed by atoms with Crippen LogP contribution in [0.5, 0.6) is 0 Å². The van der Waals surface area contributed by atoms with Crippen LogP contribution in [-0.2, 0) is 19.2 Å². The van der Waals surface area contributed by atoms with E-state index in [0.29, 0.717) is 0 Å². The number of hydrogen-bond acceptors (Lipinski definition) is 12. The molecule has 0 spiro atoms. The third-order valence-electron chi connectivity index (χ3n) is 3.74. The Kier molecular flexibility index (Phi) is 10.8. The lowest BCUT2D eigenvalue weighted by atomic mass is 10.0. The summed E-state index contributed by atoms with van der Waals surface area (Å²) in [7, 11) is 1.73. The fraction of sp³-hybridized carbons (Fsp3) is 0.733. The Morgan fingerprint density at radius 3 is 1.48 bits per heavy atom. The highest BCUT2D eigenvalue weighted by Gasteiger charge is 2.44. The smallest absolute Gasteiger partial charge is 0.439 e.